The third-order valence-electron chi connectivity index (χ3n) is 4.34. The molecule has 0 bridgehead atoms. The third kappa shape index (κ3) is 6.17. The zero-order valence-electron chi connectivity index (χ0n) is 15.9. The average molecular weight is 399 g/mol. The average Bonchev–Trinajstić information content (AvgIpc) is 2.63. The lowest BCUT2D eigenvalue weighted by atomic mass is 10.1. The minimum absolute atomic E-state index is 0.0603. The van der Waals surface area contributed by atoms with E-state index in [9.17, 15) is 8.42 Å². The minimum atomic E-state index is -3.22. The Morgan fingerprint density at radius 2 is 2.00 bits per heavy atom. The lowest BCUT2D eigenvalue weighted by Gasteiger charge is -2.26. The molecule has 2 rings (SSSR count). The van der Waals surface area contributed by atoms with Crippen molar-refractivity contribution in [1.82, 2.24) is 14.5 Å². The number of aryl methyl sites for hydroxylation is 1. The summed E-state index contributed by atoms with van der Waals surface area (Å²) in [6.45, 7) is 7.08. The third-order valence-corrected chi connectivity index (χ3v) is 7.13. The SMILES string of the molecule is CCNC(=NCCS(=O)(=O)N1CCSCC1)N(C)Cc1ccccc1C. The predicted molar refractivity (Wildman–Crippen MR) is 111 cm³/mol. The Balaban J connectivity index is 1.98. The molecule has 1 fully saturated rings. The van der Waals surface area contributed by atoms with Crippen molar-refractivity contribution in [3.63, 3.8) is 0 Å². The van der Waals surface area contributed by atoms with Gasteiger partial charge in [0.25, 0.3) is 0 Å². The Labute approximate surface area is 162 Å². The number of guanidine groups is 1. The highest BCUT2D eigenvalue weighted by Crippen LogP contribution is 2.13. The lowest BCUT2D eigenvalue weighted by molar-refractivity contribution is 0.443. The molecule has 146 valence electrons. The number of aliphatic imine (C=N–C) groups is 1. The van der Waals surface area contributed by atoms with Gasteiger partial charge in [-0.25, -0.2) is 12.7 Å². The van der Waals surface area contributed by atoms with Crippen LogP contribution in [-0.2, 0) is 16.6 Å². The summed E-state index contributed by atoms with van der Waals surface area (Å²) >= 11 is 1.81. The molecule has 1 N–H and O–H groups in total. The number of nitrogens with one attached hydrogen (secondary N) is 1. The number of hydrogen-bond acceptors (Lipinski definition) is 4. The maximum Gasteiger partial charge on any atom is 0.215 e. The number of hydrogen-bond donors (Lipinski definition) is 1. The fourth-order valence-electron chi connectivity index (χ4n) is 2.81. The molecule has 1 aromatic carbocycles. The molecular weight excluding hydrogens is 368 g/mol. The van der Waals surface area contributed by atoms with Crippen LogP contribution in [0.4, 0.5) is 0 Å². The van der Waals surface area contributed by atoms with Crippen molar-refractivity contribution in [3.05, 3.63) is 35.4 Å². The van der Waals surface area contributed by atoms with Gasteiger partial charge in [0, 0.05) is 44.7 Å². The van der Waals surface area contributed by atoms with Crippen molar-refractivity contribution in [2.75, 3.05) is 50.5 Å². The number of nitrogens with zero attached hydrogens (tertiary/aromatic N) is 3. The van der Waals surface area contributed by atoms with E-state index in [1.54, 1.807) is 16.1 Å². The van der Waals surface area contributed by atoms with E-state index in [0.29, 0.717) is 13.1 Å². The first-order chi connectivity index (χ1) is 12.4. The molecule has 0 radical (unpaired) electrons. The quantitative estimate of drug-likeness (QED) is 0.560. The van der Waals surface area contributed by atoms with Crippen LogP contribution in [0.25, 0.3) is 0 Å². The normalized spacial score (nSPS) is 16.5. The summed E-state index contributed by atoms with van der Waals surface area (Å²) in [6, 6.07) is 8.26. The molecule has 1 heterocycles. The molecule has 0 saturated carbocycles. The molecule has 0 atom stereocenters. The van der Waals surface area contributed by atoms with Crippen LogP contribution in [0.2, 0.25) is 0 Å². The van der Waals surface area contributed by atoms with Crippen LogP contribution >= 0.6 is 11.8 Å². The van der Waals surface area contributed by atoms with Gasteiger partial charge in [-0.2, -0.15) is 11.8 Å². The van der Waals surface area contributed by atoms with Gasteiger partial charge >= 0.3 is 0 Å². The fourth-order valence-corrected chi connectivity index (χ4v) is 5.26. The second kappa shape index (κ2) is 10.2. The Kier molecular flexibility index (Phi) is 8.24. The van der Waals surface area contributed by atoms with Crippen LogP contribution in [-0.4, -0.2) is 74.1 Å². The van der Waals surface area contributed by atoms with Crippen LogP contribution in [0, 0.1) is 6.92 Å². The maximum absolute atomic E-state index is 12.4. The van der Waals surface area contributed by atoms with Gasteiger partial charge in [-0.05, 0) is 25.0 Å². The van der Waals surface area contributed by atoms with Crippen LogP contribution in [0.3, 0.4) is 0 Å². The number of sulfonamides is 1. The summed E-state index contributed by atoms with van der Waals surface area (Å²) in [4.78, 5) is 6.58. The largest absolute Gasteiger partial charge is 0.357 e. The van der Waals surface area contributed by atoms with Gasteiger partial charge < -0.3 is 10.2 Å². The van der Waals surface area contributed by atoms with Crippen LogP contribution < -0.4 is 5.32 Å². The van der Waals surface area contributed by atoms with Crippen molar-refractivity contribution in [2.24, 2.45) is 4.99 Å². The number of thioether (sulfide) groups is 1. The second-order valence-electron chi connectivity index (χ2n) is 6.35. The molecule has 0 spiro atoms. The van der Waals surface area contributed by atoms with Crippen molar-refractivity contribution < 1.29 is 8.42 Å². The summed E-state index contributed by atoms with van der Waals surface area (Å²) in [5.41, 5.74) is 2.47. The molecule has 0 unspecified atom stereocenters. The highest BCUT2D eigenvalue weighted by molar-refractivity contribution is 7.99. The Morgan fingerprint density at radius 3 is 2.65 bits per heavy atom. The Morgan fingerprint density at radius 1 is 1.31 bits per heavy atom. The van der Waals surface area contributed by atoms with Gasteiger partial charge in [-0.3, -0.25) is 4.99 Å². The second-order valence-corrected chi connectivity index (χ2v) is 9.66. The van der Waals surface area contributed by atoms with Crippen LogP contribution in [0.1, 0.15) is 18.1 Å². The molecule has 8 heteroatoms. The van der Waals surface area contributed by atoms with E-state index in [1.165, 1.54) is 11.1 Å². The minimum Gasteiger partial charge on any atom is -0.357 e. The first-order valence-corrected chi connectivity index (χ1v) is 11.8. The topological polar surface area (TPSA) is 65.0 Å². The van der Waals surface area contributed by atoms with Gasteiger partial charge in [0.15, 0.2) is 5.96 Å². The summed E-state index contributed by atoms with van der Waals surface area (Å²) in [7, 11) is -1.24. The van der Waals surface area contributed by atoms with E-state index in [4.69, 9.17) is 0 Å². The van der Waals surface area contributed by atoms with Crippen molar-refractivity contribution >= 4 is 27.7 Å². The summed E-state index contributed by atoms with van der Waals surface area (Å²) in [6.07, 6.45) is 0. The fraction of sp³-hybridized carbons (Fsp3) is 0.611. The summed E-state index contributed by atoms with van der Waals surface area (Å²) < 4.78 is 26.5. The highest BCUT2D eigenvalue weighted by Gasteiger charge is 2.23. The van der Waals surface area contributed by atoms with E-state index < -0.39 is 10.0 Å². The van der Waals surface area contributed by atoms with Gasteiger partial charge in [-0.15, -0.1) is 0 Å². The Hall–Kier alpha value is -1.25. The molecule has 1 saturated heterocycles. The van der Waals surface area contributed by atoms with Gasteiger partial charge in [-0.1, -0.05) is 24.3 Å². The van der Waals surface area contributed by atoms with Crippen molar-refractivity contribution in [2.45, 2.75) is 20.4 Å². The van der Waals surface area contributed by atoms with Crippen molar-refractivity contribution in [1.29, 1.82) is 0 Å². The molecule has 0 aromatic heterocycles. The molecule has 6 nitrogen and oxygen atoms in total. The molecule has 1 aliphatic heterocycles. The first-order valence-electron chi connectivity index (χ1n) is 9.03. The highest BCUT2D eigenvalue weighted by atomic mass is 32.2. The molecule has 0 amide bonds. The number of rotatable bonds is 7. The van der Waals surface area contributed by atoms with Gasteiger partial charge in [0.1, 0.15) is 0 Å². The predicted octanol–water partition coefficient (Wildman–Crippen LogP) is 1.77. The van der Waals surface area contributed by atoms with E-state index >= 15 is 0 Å². The van der Waals surface area contributed by atoms with Crippen molar-refractivity contribution in [3.8, 4) is 0 Å². The maximum atomic E-state index is 12.4. The first kappa shape index (κ1) is 21.1. The lowest BCUT2D eigenvalue weighted by Crippen LogP contribution is -2.41. The van der Waals surface area contributed by atoms with Crippen LogP contribution in [0.5, 0.6) is 0 Å². The molecular formula is C18H30N4O2S2. The zero-order chi connectivity index (χ0) is 19.0. The Bertz CT molecular complexity index is 701. The smallest absolute Gasteiger partial charge is 0.215 e. The van der Waals surface area contributed by atoms with E-state index in [0.717, 1.165) is 30.6 Å². The van der Waals surface area contributed by atoms with E-state index in [1.807, 2.05) is 31.0 Å². The van der Waals surface area contributed by atoms with Gasteiger partial charge in [0.2, 0.25) is 10.0 Å². The summed E-state index contributed by atoms with van der Waals surface area (Å²) in [5, 5.41) is 3.25. The zero-order valence-corrected chi connectivity index (χ0v) is 17.6. The summed E-state index contributed by atoms with van der Waals surface area (Å²) in [5.74, 6) is 2.56. The number of benzene rings is 1. The monoisotopic (exact) mass is 398 g/mol. The molecule has 0 aliphatic carbocycles. The molecule has 1 aromatic rings. The van der Waals surface area contributed by atoms with E-state index in [2.05, 4.69) is 29.4 Å². The molecule has 26 heavy (non-hydrogen) atoms. The van der Waals surface area contributed by atoms with Crippen LogP contribution in [0.15, 0.2) is 29.3 Å². The van der Waals surface area contributed by atoms with E-state index in [-0.39, 0.29) is 12.3 Å². The van der Waals surface area contributed by atoms with Gasteiger partial charge in [0.05, 0.1) is 12.3 Å². The standard InChI is InChI=1S/C18H30N4O2S2/c1-4-19-18(21(3)15-17-8-6-5-7-16(17)2)20-9-14-26(23,24)22-10-12-25-13-11-22/h5-8H,4,9-15H2,1-3H3,(H,19,20). The molecule has 1 aliphatic rings.